The maximum Gasteiger partial charge on any atom is 0.434 e. The minimum Gasteiger partial charge on any atom is -0.442 e. The van der Waals surface area contributed by atoms with Crippen LogP contribution in [0.25, 0.3) is 0 Å². The van der Waals surface area contributed by atoms with E-state index in [-0.39, 0.29) is 6.42 Å². The summed E-state index contributed by atoms with van der Waals surface area (Å²) in [6.07, 6.45) is -0.528. The Morgan fingerprint density at radius 2 is 2.00 bits per heavy atom. The van der Waals surface area contributed by atoms with E-state index in [1.807, 2.05) is 6.07 Å². The van der Waals surface area contributed by atoms with E-state index in [0.717, 1.165) is 0 Å². The van der Waals surface area contributed by atoms with Crippen molar-refractivity contribution in [2.24, 2.45) is 10.7 Å². The van der Waals surface area contributed by atoms with Crippen molar-refractivity contribution in [3.8, 4) is 6.07 Å². The first kappa shape index (κ1) is 19.4. The summed E-state index contributed by atoms with van der Waals surface area (Å²) >= 11 is 0. The molecule has 0 unspecified atom stereocenters. The fraction of sp³-hybridized carbons (Fsp3) is 0.389. The number of carbonyl (C=O) groups excluding carboxylic acids is 1. The summed E-state index contributed by atoms with van der Waals surface area (Å²) in [6, 6.07) is 5.93. The molecule has 0 heterocycles. The molecule has 0 bridgehead atoms. The number of nitrogens with zero attached hydrogens (tertiary/aromatic N) is 2. The molecule has 0 aliphatic heterocycles. The van der Waals surface area contributed by atoms with E-state index in [4.69, 9.17) is 15.7 Å². The van der Waals surface area contributed by atoms with E-state index in [2.05, 4.69) is 4.99 Å². The van der Waals surface area contributed by atoms with Gasteiger partial charge in [-0.15, -0.1) is 0 Å². The minimum atomic E-state index is -0.724. The monoisotopic (exact) mass is 331 g/mol. The number of hydrogen-bond donors (Lipinski definition) is 1. The average Bonchev–Trinajstić information content (AvgIpc) is 2.42. The number of amides is 1. The zero-order valence-corrected chi connectivity index (χ0v) is 14.6. The summed E-state index contributed by atoms with van der Waals surface area (Å²) in [5.74, 6) is -0.445. The fourth-order valence-electron chi connectivity index (χ4n) is 2.05. The molecule has 0 saturated heterocycles. The van der Waals surface area contributed by atoms with Crippen molar-refractivity contribution in [2.45, 2.75) is 46.6 Å². The summed E-state index contributed by atoms with van der Waals surface area (Å²) in [5, 5.41) is 9.15. The lowest BCUT2D eigenvalue weighted by molar-refractivity contribution is 0.0604. The molecule has 0 aliphatic carbocycles. The number of allylic oxidation sites excluding steroid dienone is 2. The Balaban J connectivity index is 3.14. The van der Waals surface area contributed by atoms with Crippen molar-refractivity contribution in [3.05, 3.63) is 46.4 Å². The van der Waals surface area contributed by atoms with Gasteiger partial charge in [-0.3, -0.25) is 0 Å². The van der Waals surface area contributed by atoms with Crippen molar-refractivity contribution in [2.75, 3.05) is 0 Å². The molecule has 5 nitrogen and oxygen atoms in total. The topological polar surface area (TPSA) is 88.5 Å². The van der Waals surface area contributed by atoms with E-state index in [1.54, 1.807) is 34.6 Å². The molecule has 0 fully saturated rings. The molecule has 0 spiro atoms. The smallest absolute Gasteiger partial charge is 0.434 e. The van der Waals surface area contributed by atoms with Gasteiger partial charge in [-0.05, 0) is 64.0 Å². The highest BCUT2D eigenvalue weighted by atomic mass is 19.1. The standard InChI is InChI=1S/C18H22FN3O2/c1-11(21)16(12(2)22-17(23)24-18(3,4)5)9-14-8-15(19)7-6-13(14)10-20/h6-8H,9,21H2,1-5H3/b16-11-,22-12+. The Morgan fingerprint density at radius 3 is 2.50 bits per heavy atom. The summed E-state index contributed by atoms with van der Waals surface area (Å²) < 4.78 is 18.6. The molecule has 0 radical (unpaired) electrons. The van der Waals surface area contributed by atoms with E-state index < -0.39 is 17.5 Å². The van der Waals surface area contributed by atoms with Gasteiger partial charge in [-0.2, -0.15) is 10.3 Å². The average molecular weight is 331 g/mol. The zero-order chi connectivity index (χ0) is 18.5. The second kappa shape index (κ2) is 7.73. The van der Waals surface area contributed by atoms with Gasteiger partial charge in [0.1, 0.15) is 11.4 Å². The normalized spacial score (nSPS) is 13.1. The molecule has 0 aliphatic rings. The van der Waals surface area contributed by atoms with Gasteiger partial charge in [-0.1, -0.05) is 0 Å². The summed E-state index contributed by atoms with van der Waals surface area (Å²) in [6.45, 7) is 8.52. The van der Waals surface area contributed by atoms with E-state index >= 15 is 0 Å². The second-order valence-electron chi connectivity index (χ2n) is 6.43. The maximum absolute atomic E-state index is 13.5. The predicted molar refractivity (Wildman–Crippen MR) is 91.0 cm³/mol. The van der Waals surface area contributed by atoms with Gasteiger partial charge in [0.2, 0.25) is 0 Å². The Labute approximate surface area is 141 Å². The molecule has 1 rings (SSSR count). The molecule has 1 aromatic rings. The van der Waals surface area contributed by atoms with Crippen molar-refractivity contribution in [1.29, 1.82) is 5.26 Å². The van der Waals surface area contributed by atoms with Crippen LogP contribution in [-0.4, -0.2) is 17.4 Å². The zero-order valence-electron chi connectivity index (χ0n) is 14.6. The van der Waals surface area contributed by atoms with Crippen LogP contribution in [-0.2, 0) is 11.2 Å². The third-order valence-electron chi connectivity index (χ3n) is 3.12. The van der Waals surface area contributed by atoms with Crippen molar-refractivity contribution >= 4 is 11.8 Å². The number of nitriles is 1. The van der Waals surface area contributed by atoms with Crippen LogP contribution in [0.2, 0.25) is 0 Å². The number of nitrogens with two attached hydrogens (primary N) is 1. The van der Waals surface area contributed by atoms with Crippen molar-refractivity contribution in [1.82, 2.24) is 0 Å². The number of halogens is 1. The van der Waals surface area contributed by atoms with E-state index in [9.17, 15) is 9.18 Å². The molecule has 24 heavy (non-hydrogen) atoms. The Hall–Kier alpha value is -2.68. The molecular formula is C18H22FN3O2. The van der Waals surface area contributed by atoms with Crippen molar-refractivity contribution in [3.63, 3.8) is 0 Å². The first-order chi connectivity index (χ1) is 11.0. The summed E-state index contributed by atoms with van der Waals surface area (Å²) in [7, 11) is 0. The lowest BCUT2D eigenvalue weighted by Gasteiger charge is -2.18. The van der Waals surface area contributed by atoms with Crippen LogP contribution < -0.4 is 5.73 Å². The van der Waals surface area contributed by atoms with Gasteiger partial charge in [0, 0.05) is 12.1 Å². The SMILES string of the molecule is C/C(N)=C(Cc1cc(F)ccc1C#N)/C(C)=N/C(=O)OC(C)(C)C. The molecule has 0 atom stereocenters. The van der Waals surface area contributed by atoms with Crippen molar-refractivity contribution < 1.29 is 13.9 Å². The molecule has 0 saturated carbocycles. The van der Waals surface area contributed by atoms with Crippen LogP contribution in [0.15, 0.2) is 34.5 Å². The first-order valence-electron chi connectivity index (χ1n) is 7.46. The number of aliphatic imine (C=N–C) groups is 1. The fourth-order valence-corrected chi connectivity index (χ4v) is 2.05. The summed E-state index contributed by atoms with van der Waals surface area (Å²) in [4.78, 5) is 15.7. The summed E-state index contributed by atoms with van der Waals surface area (Å²) in [5.41, 5.74) is 7.43. The molecule has 2 N–H and O–H groups in total. The van der Waals surface area contributed by atoms with Crippen LogP contribution in [0.4, 0.5) is 9.18 Å². The third-order valence-corrected chi connectivity index (χ3v) is 3.12. The van der Waals surface area contributed by atoms with Gasteiger partial charge in [0.25, 0.3) is 0 Å². The molecule has 1 aromatic carbocycles. The number of rotatable bonds is 3. The van der Waals surface area contributed by atoms with Gasteiger partial charge in [-0.25, -0.2) is 9.18 Å². The molecule has 1 amide bonds. The van der Waals surface area contributed by atoms with Crippen LogP contribution in [0.1, 0.15) is 45.7 Å². The first-order valence-corrected chi connectivity index (χ1v) is 7.46. The van der Waals surface area contributed by atoms with Gasteiger partial charge in [0.05, 0.1) is 17.3 Å². The van der Waals surface area contributed by atoms with Crippen LogP contribution in [0.3, 0.4) is 0 Å². The van der Waals surface area contributed by atoms with Gasteiger partial charge in [0.15, 0.2) is 0 Å². The quantitative estimate of drug-likeness (QED) is 0.852. The molecule has 0 aromatic heterocycles. The van der Waals surface area contributed by atoms with E-state index in [0.29, 0.717) is 28.1 Å². The minimum absolute atomic E-state index is 0.196. The number of hydrogen-bond acceptors (Lipinski definition) is 4. The number of carbonyl (C=O) groups is 1. The van der Waals surface area contributed by atoms with Crippen LogP contribution >= 0.6 is 0 Å². The molecular weight excluding hydrogens is 309 g/mol. The highest BCUT2D eigenvalue weighted by Crippen LogP contribution is 2.18. The van der Waals surface area contributed by atoms with E-state index in [1.165, 1.54) is 18.2 Å². The maximum atomic E-state index is 13.5. The second-order valence-corrected chi connectivity index (χ2v) is 6.43. The Morgan fingerprint density at radius 1 is 1.38 bits per heavy atom. The highest BCUT2D eigenvalue weighted by molar-refractivity contribution is 6.04. The van der Waals surface area contributed by atoms with Gasteiger partial charge < -0.3 is 10.5 Å². The van der Waals surface area contributed by atoms with Gasteiger partial charge >= 0.3 is 6.09 Å². The Bertz CT molecular complexity index is 734. The third kappa shape index (κ3) is 5.84. The largest absolute Gasteiger partial charge is 0.442 e. The lowest BCUT2D eigenvalue weighted by Crippen LogP contribution is -2.23. The van der Waals surface area contributed by atoms with Crippen LogP contribution in [0.5, 0.6) is 0 Å². The lowest BCUT2D eigenvalue weighted by atomic mass is 9.96. The molecule has 6 heteroatoms. The number of benzene rings is 1. The molecule has 128 valence electrons. The predicted octanol–water partition coefficient (Wildman–Crippen LogP) is 3.87. The highest BCUT2D eigenvalue weighted by Gasteiger charge is 2.17. The Kier molecular flexibility index (Phi) is 6.24. The van der Waals surface area contributed by atoms with Crippen LogP contribution in [0, 0.1) is 17.1 Å². The number of ether oxygens (including phenoxy) is 1.